The van der Waals surface area contributed by atoms with E-state index in [-0.39, 0.29) is 5.41 Å². The van der Waals surface area contributed by atoms with Gasteiger partial charge >= 0.3 is 0 Å². The number of ether oxygens (including phenoxy) is 1. The van der Waals surface area contributed by atoms with Crippen molar-refractivity contribution in [3.05, 3.63) is 133 Å². The van der Waals surface area contributed by atoms with Crippen molar-refractivity contribution in [2.45, 2.75) is 26.2 Å². The minimum atomic E-state index is 0.00246. The molecular weight excluding hydrogens is 568 g/mol. The van der Waals surface area contributed by atoms with Gasteiger partial charge in [0.15, 0.2) is 0 Å². The lowest BCUT2D eigenvalue weighted by atomic mass is 9.88. The average molecular weight is 599 g/mol. The Morgan fingerprint density at radius 3 is 2.20 bits per heavy atom. The molecule has 0 aliphatic rings. The summed E-state index contributed by atoms with van der Waals surface area (Å²) in [5.74, 6) is 3.07. The van der Waals surface area contributed by atoms with Gasteiger partial charge in [0.05, 0.1) is 51.2 Å². The number of benzene rings is 4. The van der Waals surface area contributed by atoms with Gasteiger partial charge in [-0.1, -0.05) is 63.2 Å². The normalized spacial score (nSPS) is 12.2. The van der Waals surface area contributed by atoms with Crippen LogP contribution in [0.4, 0.5) is 0 Å². The smallest absolute Gasteiger partial charge is 0.220 e. The predicted octanol–water partition coefficient (Wildman–Crippen LogP) is 9.41. The number of nitrogens with zero attached hydrogens (tertiary/aromatic N) is 6. The molecule has 0 radical (unpaired) electrons. The SMILES string of the molecule is CC(C)(C)c1ccnc(-n2c3ccccc3c3ccc(Oc4cncc(-n5c6ccccc6n6c7ccccc7nc56)c4)cc32)c1. The van der Waals surface area contributed by atoms with E-state index in [1.54, 1.807) is 6.20 Å². The average Bonchev–Trinajstić information content (AvgIpc) is 3.71. The van der Waals surface area contributed by atoms with Crippen molar-refractivity contribution < 1.29 is 4.74 Å². The first-order valence-electron chi connectivity index (χ1n) is 15.4. The van der Waals surface area contributed by atoms with Crippen LogP contribution in [0.5, 0.6) is 11.5 Å². The second-order valence-corrected chi connectivity index (χ2v) is 12.7. The summed E-state index contributed by atoms with van der Waals surface area (Å²) in [7, 11) is 0. The van der Waals surface area contributed by atoms with Gasteiger partial charge in [0, 0.05) is 29.1 Å². The van der Waals surface area contributed by atoms with Crippen molar-refractivity contribution >= 4 is 49.7 Å². The van der Waals surface area contributed by atoms with E-state index < -0.39 is 0 Å². The van der Waals surface area contributed by atoms with Gasteiger partial charge in [0.25, 0.3) is 0 Å². The maximum Gasteiger partial charge on any atom is 0.220 e. The molecule has 5 heterocycles. The zero-order chi connectivity index (χ0) is 31.0. The summed E-state index contributed by atoms with van der Waals surface area (Å²) in [4.78, 5) is 14.4. The van der Waals surface area contributed by atoms with E-state index in [1.807, 2.05) is 42.7 Å². The molecule has 222 valence electrons. The molecule has 9 rings (SSSR count). The molecule has 5 aromatic heterocycles. The van der Waals surface area contributed by atoms with Crippen molar-refractivity contribution in [2.75, 3.05) is 0 Å². The molecule has 4 aromatic carbocycles. The van der Waals surface area contributed by atoms with Crippen LogP contribution in [0.1, 0.15) is 26.3 Å². The van der Waals surface area contributed by atoms with Crippen molar-refractivity contribution in [2.24, 2.45) is 0 Å². The maximum absolute atomic E-state index is 6.54. The number of imidazole rings is 2. The first-order valence-corrected chi connectivity index (χ1v) is 15.4. The van der Waals surface area contributed by atoms with E-state index in [1.165, 1.54) is 10.9 Å². The third-order valence-corrected chi connectivity index (χ3v) is 8.79. The minimum absolute atomic E-state index is 0.00246. The van der Waals surface area contributed by atoms with Crippen LogP contribution in [-0.2, 0) is 5.41 Å². The summed E-state index contributed by atoms with van der Waals surface area (Å²) in [5, 5.41) is 2.32. The molecule has 0 saturated heterocycles. The highest BCUT2D eigenvalue weighted by molar-refractivity contribution is 6.09. The molecule has 0 atom stereocenters. The molecule has 46 heavy (non-hydrogen) atoms. The van der Waals surface area contributed by atoms with E-state index in [4.69, 9.17) is 14.7 Å². The summed E-state index contributed by atoms with van der Waals surface area (Å²) in [5.41, 5.74) is 8.39. The van der Waals surface area contributed by atoms with Gasteiger partial charge in [-0.05, 0) is 65.6 Å². The molecule has 9 aromatic rings. The second-order valence-electron chi connectivity index (χ2n) is 12.7. The number of fused-ring (bicyclic) bond motifs is 8. The molecule has 0 aliphatic carbocycles. The Morgan fingerprint density at radius 2 is 1.35 bits per heavy atom. The number of para-hydroxylation sites is 5. The van der Waals surface area contributed by atoms with Crippen LogP contribution in [0.2, 0.25) is 0 Å². The summed E-state index contributed by atoms with van der Waals surface area (Å²) in [6.07, 6.45) is 5.51. The molecule has 7 heteroatoms. The number of hydrogen-bond acceptors (Lipinski definition) is 4. The van der Waals surface area contributed by atoms with Crippen molar-refractivity contribution in [3.63, 3.8) is 0 Å². The van der Waals surface area contributed by atoms with E-state index in [0.29, 0.717) is 5.75 Å². The van der Waals surface area contributed by atoms with Gasteiger partial charge < -0.3 is 4.74 Å². The zero-order valence-electron chi connectivity index (χ0n) is 25.7. The van der Waals surface area contributed by atoms with Gasteiger partial charge in [-0.3, -0.25) is 18.5 Å². The van der Waals surface area contributed by atoms with Crippen LogP contribution in [0.3, 0.4) is 0 Å². The molecule has 0 unspecified atom stereocenters. The Kier molecular flexibility index (Phi) is 5.62. The van der Waals surface area contributed by atoms with Crippen LogP contribution >= 0.6 is 0 Å². The second kappa shape index (κ2) is 9.78. The molecule has 0 fully saturated rings. The topological polar surface area (TPSA) is 62.2 Å². The summed E-state index contributed by atoms with van der Waals surface area (Å²) in [6.45, 7) is 6.67. The van der Waals surface area contributed by atoms with Gasteiger partial charge in [0.2, 0.25) is 5.78 Å². The van der Waals surface area contributed by atoms with Crippen molar-refractivity contribution in [3.8, 4) is 23.0 Å². The molecular formula is C39H30N6O. The fraction of sp³-hybridized carbons (Fsp3) is 0.103. The summed E-state index contributed by atoms with van der Waals surface area (Å²) < 4.78 is 13.1. The molecule has 0 spiro atoms. The highest BCUT2D eigenvalue weighted by Crippen LogP contribution is 2.36. The predicted molar refractivity (Wildman–Crippen MR) is 185 cm³/mol. The van der Waals surface area contributed by atoms with Gasteiger partial charge in [0.1, 0.15) is 17.3 Å². The lowest BCUT2D eigenvalue weighted by Crippen LogP contribution is -2.12. The quantitative estimate of drug-likeness (QED) is 0.202. The Balaban J connectivity index is 1.17. The lowest BCUT2D eigenvalue weighted by Gasteiger charge is -2.20. The Hall–Kier alpha value is -5.95. The maximum atomic E-state index is 6.54. The third kappa shape index (κ3) is 4.02. The van der Waals surface area contributed by atoms with Crippen LogP contribution in [0, 0.1) is 0 Å². The highest BCUT2D eigenvalue weighted by atomic mass is 16.5. The first kappa shape index (κ1) is 26.5. The summed E-state index contributed by atoms with van der Waals surface area (Å²) in [6, 6.07) is 37.6. The number of rotatable bonds is 4. The zero-order valence-corrected chi connectivity index (χ0v) is 25.7. The third-order valence-electron chi connectivity index (χ3n) is 8.79. The number of aromatic nitrogens is 6. The molecule has 7 nitrogen and oxygen atoms in total. The van der Waals surface area contributed by atoms with E-state index in [2.05, 4.69) is 118 Å². The fourth-order valence-electron chi connectivity index (χ4n) is 6.59. The van der Waals surface area contributed by atoms with E-state index in [0.717, 1.165) is 61.5 Å². The Morgan fingerprint density at radius 1 is 0.609 bits per heavy atom. The number of pyridine rings is 2. The molecule has 0 aliphatic heterocycles. The summed E-state index contributed by atoms with van der Waals surface area (Å²) >= 11 is 0. The van der Waals surface area contributed by atoms with Crippen LogP contribution in [-0.4, -0.2) is 28.5 Å². The standard InChI is InChI=1S/C39H30N6O/c1-39(2,3)25-18-19-41-37(20-25)44-32-12-6-4-10-29(32)30-17-16-27(22-36(30)44)46-28-21-26(23-40-24-28)43-34-14-8-9-15-35(34)45-33-13-7-5-11-31(33)42-38(43)45/h4-24H,1-3H3. The van der Waals surface area contributed by atoms with Gasteiger partial charge in [-0.2, -0.15) is 0 Å². The lowest BCUT2D eigenvalue weighted by molar-refractivity contribution is 0.480. The molecule has 0 N–H and O–H groups in total. The number of hydrogen-bond donors (Lipinski definition) is 0. The van der Waals surface area contributed by atoms with Crippen LogP contribution < -0.4 is 4.74 Å². The van der Waals surface area contributed by atoms with Crippen LogP contribution in [0.15, 0.2) is 128 Å². The largest absolute Gasteiger partial charge is 0.456 e. The van der Waals surface area contributed by atoms with E-state index in [9.17, 15) is 0 Å². The van der Waals surface area contributed by atoms with Crippen molar-refractivity contribution in [1.29, 1.82) is 0 Å². The highest BCUT2D eigenvalue weighted by Gasteiger charge is 2.20. The Labute approximate surface area is 265 Å². The molecule has 0 amide bonds. The van der Waals surface area contributed by atoms with Gasteiger partial charge in [-0.15, -0.1) is 0 Å². The van der Waals surface area contributed by atoms with Gasteiger partial charge in [-0.25, -0.2) is 9.97 Å². The molecule has 0 bridgehead atoms. The first-order chi connectivity index (χ1) is 22.4. The fourth-order valence-corrected chi connectivity index (χ4v) is 6.59. The monoisotopic (exact) mass is 598 g/mol. The van der Waals surface area contributed by atoms with E-state index >= 15 is 0 Å². The Bertz CT molecular complexity index is 2620. The minimum Gasteiger partial charge on any atom is -0.456 e. The van der Waals surface area contributed by atoms with Crippen LogP contribution in [0.25, 0.3) is 61.2 Å². The van der Waals surface area contributed by atoms with Crippen molar-refractivity contribution in [1.82, 2.24) is 28.5 Å². The molecule has 0 saturated carbocycles.